The van der Waals surface area contributed by atoms with Crippen LogP contribution in [0.15, 0.2) is 24.3 Å². The average molecular weight is 328 g/mol. The first-order valence-electron chi connectivity index (χ1n) is 7.21. The van der Waals surface area contributed by atoms with Crippen LogP contribution in [0.2, 0.25) is 5.02 Å². The van der Waals surface area contributed by atoms with E-state index in [1.807, 2.05) is 6.92 Å². The van der Waals surface area contributed by atoms with Crippen LogP contribution in [0.25, 0.3) is 0 Å². The Kier molecular flexibility index (Phi) is 7.74. The molecule has 122 valence electrons. The Balaban J connectivity index is 2.57. The molecule has 0 aliphatic heterocycles. The van der Waals surface area contributed by atoms with Gasteiger partial charge in [-0.25, -0.2) is 0 Å². The largest absolute Gasteiger partial charge is 0.484 e. The van der Waals surface area contributed by atoms with Gasteiger partial charge in [0.05, 0.1) is 13.0 Å². The van der Waals surface area contributed by atoms with Gasteiger partial charge in [0.2, 0.25) is 0 Å². The molecule has 0 N–H and O–H groups in total. The normalized spacial score (nSPS) is 11.6. The van der Waals surface area contributed by atoms with Crippen LogP contribution in [0, 0.1) is 5.92 Å². The van der Waals surface area contributed by atoms with Crippen molar-refractivity contribution in [1.29, 1.82) is 0 Å². The van der Waals surface area contributed by atoms with Crippen molar-refractivity contribution in [2.24, 2.45) is 5.92 Å². The minimum Gasteiger partial charge on any atom is -0.484 e. The number of hydrogen-bond acceptors (Lipinski definition) is 4. The quantitative estimate of drug-likeness (QED) is 0.689. The first kappa shape index (κ1) is 18.3. The second-order valence-corrected chi connectivity index (χ2v) is 5.44. The van der Waals surface area contributed by atoms with Gasteiger partial charge in [0.1, 0.15) is 5.75 Å². The Morgan fingerprint density at radius 3 is 2.45 bits per heavy atom. The number of halogens is 1. The summed E-state index contributed by atoms with van der Waals surface area (Å²) in [5.74, 6) is -0.272. The minimum absolute atomic E-state index is 0.0739. The Morgan fingerprint density at radius 2 is 1.91 bits per heavy atom. The van der Waals surface area contributed by atoms with Gasteiger partial charge in [0.15, 0.2) is 6.61 Å². The smallest absolute Gasteiger partial charge is 0.310 e. The van der Waals surface area contributed by atoms with Gasteiger partial charge in [-0.3, -0.25) is 9.59 Å². The second-order valence-electron chi connectivity index (χ2n) is 5.01. The maximum Gasteiger partial charge on any atom is 0.310 e. The zero-order valence-corrected chi connectivity index (χ0v) is 13.9. The molecule has 1 amide bonds. The molecule has 0 radical (unpaired) electrons. The zero-order valence-electron chi connectivity index (χ0n) is 13.2. The molecule has 0 saturated carbocycles. The molecule has 1 aromatic carbocycles. The van der Waals surface area contributed by atoms with Gasteiger partial charge in [-0.1, -0.05) is 25.4 Å². The summed E-state index contributed by atoms with van der Waals surface area (Å²) in [5.41, 5.74) is 0. The van der Waals surface area contributed by atoms with E-state index in [1.54, 1.807) is 36.1 Å². The summed E-state index contributed by atoms with van der Waals surface area (Å²) in [7, 11) is 1.34. The number of carbonyl (C=O) groups excluding carboxylic acids is 2. The SMILES string of the molecule is CCCN(CC(C)C(=O)OC)C(=O)COc1ccc(Cl)cc1. The number of rotatable bonds is 8. The highest BCUT2D eigenvalue weighted by Gasteiger charge is 2.21. The number of hydrogen-bond donors (Lipinski definition) is 0. The molecule has 22 heavy (non-hydrogen) atoms. The van der Waals surface area contributed by atoms with Gasteiger partial charge < -0.3 is 14.4 Å². The molecule has 0 aliphatic carbocycles. The summed E-state index contributed by atoms with van der Waals surface area (Å²) in [6, 6.07) is 6.81. The molecule has 0 saturated heterocycles. The molecule has 1 aromatic rings. The van der Waals surface area contributed by atoms with Crippen molar-refractivity contribution in [2.75, 3.05) is 26.8 Å². The zero-order chi connectivity index (χ0) is 16.5. The highest BCUT2D eigenvalue weighted by atomic mass is 35.5. The topological polar surface area (TPSA) is 55.8 Å². The molecule has 0 heterocycles. The fraction of sp³-hybridized carbons (Fsp3) is 0.500. The van der Waals surface area contributed by atoms with Crippen molar-refractivity contribution < 1.29 is 19.1 Å². The Labute approximate surface area is 136 Å². The number of methoxy groups -OCH3 is 1. The van der Waals surface area contributed by atoms with Crippen molar-refractivity contribution >= 4 is 23.5 Å². The van der Waals surface area contributed by atoms with E-state index in [-0.39, 0.29) is 24.4 Å². The van der Waals surface area contributed by atoms with E-state index in [4.69, 9.17) is 21.1 Å². The van der Waals surface area contributed by atoms with E-state index in [1.165, 1.54) is 7.11 Å². The lowest BCUT2D eigenvalue weighted by Crippen LogP contribution is -2.40. The fourth-order valence-corrected chi connectivity index (χ4v) is 2.09. The molecule has 1 atom stereocenters. The third-order valence-corrected chi connectivity index (χ3v) is 3.37. The molecule has 5 nitrogen and oxygen atoms in total. The maximum absolute atomic E-state index is 12.2. The van der Waals surface area contributed by atoms with Gasteiger partial charge in [-0.15, -0.1) is 0 Å². The number of benzene rings is 1. The van der Waals surface area contributed by atoms with Gasteiger partial charge in [0, 0.05) is 18.1 Å². The summed E-state index contributed by atoms with van der Waals surface area (Å²) in [5, 5.41) is 0.609. The molecule has 0 aromatic heterocycles. The Bertz CT molecular complexity index is 489. The molecule has 0 fully saturated rings. The Hall–Kier alpha value is -1.75. The lowest BCUT2D eigenvalue weighted by Gasteiger charge is -2.24. The monoisotopic (exact) mass is 327 g/mol. The molecule has 0 spiro atoms. The van der Waals surface area contributed by atoms with E-state index in [2.05, 4.69) is 0 Å². The highest BCUT2D eigenvalue weighted by Crippen LogP contribution is 2.15. The molecule has 0 bridgehead atoms. The van der Waals surface area contributed by atoms with E-state index in [0.717, 1.165) is 6.42 Å². The number of carbonyl (C=O) groups is 2. The predicted molar refractivity (Wildman–Crippen MR) is 85.0 cm³/mol. The summed E-state index contributed by atoms with van der Waals surface area (Å²) < 4.78 is 10.1. The molecular formula is C16H22ClNO4. The van der Waals surface area contributed by atoms with Gasteiger partial charge in [-0.2, -0.15) is 0 Å². The van der Waals surface area contributed by atoms with E-state index in [9.17, 15) is 9.59 Å². The minimum atomic E-state index is -0.365. The van der Waals surface area contributed by atoms with Crippen LogP contribution in [0.1, 0.15) is 20.3 Å². The van der Waals surface area contributed by atoms with Crippen LogP contribution >= 0.6 is 11.6 Å². The number of nitrogens with zero attached hydrogens (tertiary/aromatic N) is 1. The van der Waals surface area contributed by atoms with Crippen molar-refractivity contribution in [3.8, 4) is 5.75 Å². The average Bonchev–Trinajstić information content (AvgIpc) is 2.52. The first-order valence-corrected chi connectivity index (χ1v) is 7.59. The molecule has 1 rings (SSSR count). The third kappa shape index (κ3) is 5.93. The van der Waals surface area contributed by atoms with Crippen LogP contribution in [-0.2, 0) is 14.3 Å². The standard InChI is InChI=1S/C16H22ClNO4/c1-4-9-18(10-12(2)16(20)21-3)15(19)11-22-14-7-5-13(17)6-8-14/h5-8,12H,4,9-11H2,1-3H3. The van der Waals surface area contributed by atoms with Gasteiger partial charge in [0.25, 0.3) is 5.91 Å². The molecule has 0 aliphatic rings. The van der Waals surface area contributed by atoms with Crippen LogP contribution < -0.4 is 4.74 Å². The van der Waals surface area contributed by atoms with E-state index in [0.29, 0.717) is 23.9 Å². The Morgan fingerprint density at radius 1 is 1.27 bits per heavy atom. The molecule has 1 unspecified atom stereocenters. The van der Waals surface area contributed by atoms with Crippen molar-refractivity contribution in [3.63, 3.8) is 0 Å². The van der Waals surface area contributed by atoms with Crippen molar-refractivity contribution in [2.45, 2.75) is 20.3 Å². The van der Waals surface area contributed by atoms with Crippen LogP contribution in [0.5, 0.6) is 5.75 Å². The second kappa shape index (κ2) is 9.30. The van der Waals surface area contributed by atoms with E-state index >= 15 is 0 Å². The number of amides is 1. The predicted octanol–water partition coefficient (Wildman–Crippen LogP) is 2.77. The summed E-state index contributed by atoms with van der Waals surface area (Å²) in [4.78, 5) is 25.3. The fourth-order valence-electron chi connectivity index (χ4n) is 1.96. The van der Waals surface area contributed by atoms with Crippen LogP contribution in [0.4, 0.5) is 0 Å². The van der Waals surface area contributed by atoms with Crippen molar-refractivity contribution in [1.82, 2.24) is 4.90 Å². The van der Waals surface area contributed by atoms with Gasteiger partial charge >= 0.3 is 5.97 Å². The number of esters is 1. The highest BCUT2D eigenvalue weighted by molar-refractivity contribution is 6.30. The summed E-state index contributed by atoms with van der Waals surface area (Å²) in [6.45, 7) is 4.54. The van der Waals surface area contributed by atoms with Crippen molar-refractivity contribution in [3.05, 3.63) is 29.3 Å². The number of ether oxygens (including phenoxy) is 2. The van der Waals surface area contributed by atoms with Gasteiger partial charge in [-0.05, 0) is 30.7 Å². The first-order chi connectivity index (χ1) is 10.5. The molecule has 6 heteroatoms. The summed E-state index contributed by atoms with van der Waals surface area (Å²) >= 11 is 5.79. The lowest BCUT2D eigenvalue weighted by molar-refractivity contribution is -0.146. The third-order valence-electron chi connectivity index (χ3n) is 3.12. The van der Waals surface area contributed by atoms with E-state index < -0.39 is 0 Å². The maximum atomic E-state index is 12.2. The molecular weight excluding hydrogens is 306 g/mol. The lowest BCUT2D eigenvalue weighted by atomic mass is 10.1. The van der Waals surface area contributed by atoms with Crippen LogP contribution in [-0.4, -0.2) is 43.6 Å². The summed E-state index contributed by atoms with van der Waals surface area (Å²) in [6.07, 6.45) is 0.806. The van der Waals surface area contributed by atoms with Crippen LogP contribution in [0.3, 0.4) is 0 Å².